The van der Waals surface area contributed by atoms with Gasteiger partial charge in [0.15, 0.2) is 0 Å². The molecule has 1 fully saturated rings. The van der Waals surface area contributed by atoms with Crippen LogP contribution in [-0.4, -0.2) is 19.2 Å². The molecule has 0 spiro atoms. The molecule has 2 aromatic carbocycles. The van der Waals surface area contributed by atoms with E-state index in [9.17, 15) is 0 Å². The zero-order valence-electron chi connectivity index (χ0n) is 12.8. The highest BCUT2D eigenvalue weighted by molar-refractivity contribution is 5.30. The average Bonchev–Trinajstić information content (AvgIpc) is 2.48. The standard InChI is InChI=1S/C19H23NO/c1-14-8-15(2)10-17(9-14)19-12-20-18(13-21-19)11-16-6-4-3-5-7-16/h3-10,18-20H,11-13H2,1-2H3. The average molecular weight is 281 g/mol. The van der Waals surface area contributed by atoms with Crippen molar-refractivity contribution < 1.29 is 4.74 Å². The Labute approximate surface area is 127 Å². The lowest BCUT2D eigenvalue weighted by Crippen LogP contribution is -2.44. The second kappa shape index (κ2) is 6.42. The molecule has 0 aliphatic carbocycles. The van der Waals surface area contributed by atoms with Crippen LogP contribution in [0.4, 0.5) is 0 Å². The number of ether oxygens (including phenoxy) is 1. The third-order valence-corrected chi connectivity index (χ3v) is 4.03. The van der Waals surface area contributed by atoms with Crippen molar-refractivity contribution in [1.29, 1.82) is 0 Å². The van der Waals surface area contributed by atoms with Gasteiger partial charge in [0.2, 0.25) is 0 Å². The van der Waals surface area contributed by atoms with E-state index in [2.05, 4.69) is 67.7 Å². The van der Waals surface area contributed by atoms with E-state index in [4.69, 9.17) is 4.74 Å². The molecule has 21 heavy (non-hydrogen) atoms. The van der Waals surface area contributed by atoms with Crippen LogP contribution in [0.25, 0.3) is 0 Å². The van der Waals surface area contributed by atoms with Crippen LogP contribution in [0, 0.1) is 13.8 Å². The highest BCUT2D eigenvalue weighted by Crippen LogP contribution is 2.23. The van der Waals surface area contributed by atoms with E-state index in [1.807, 2.05) is 0 Å². The molecule has 2 heteroatoms. The summed E-state index contributed by atoms with van der Waals surface area (Å²) in [6.45, 7) is 5.95. The zero-order valence-corrected chi connectivity index (χ0v) is 12.8. The van der Waals surface area contributed by atoms with Gasteiger partial charge in [-0.3, -0.25) is 0 Å². The Bertz CT molecular complexity index is 566. The molecular formula is C19H23NO. The summed E-state index contributed by atoms with van der Waals surface area (Å²) < 4.78 is 6.10. The molecule has 0 bridgehead atoms. The Kier molecular flexibility index (Phi) is 4.37. The van der Waals surface area contributed by atoms with Gasteiger partial charge in [-0.25, -0.2) is 0 Å². The van der Waals surface area contributed by atoms with Crippen LogP contribution in [-0.2, 0) is 11.2 Å². The van der Waals surface area contributed by atoms with Crippen LogP contribution in [0.2, 0.25) is 0 Å². The molecule has 0 saturated carbocycles. The van der Waals surface area contributed by atoms with Crippen molar-refractivity contribution >= 4 is 0 Å². The quantitative estimate of drug-likeness (QED) is 0.928. The molecule has 0 aromatic heterocycles. The molecule has 0 amide bonds. The first kappa shape index (κ1) is 14.3. The van der Waals surface area contributed by atoms with Crippen molar-refractivity contribution in [1.82, 2.24) is 5.32 Å². The van der Waals surface area contributed by atoms with E-state index in [0.717, 1.165) is 19.6 Å². The minimum absolute atomic E-state index is 0.177. The highest BCUT2D eigenvalue weighted by atomic mass is 16.5. The maximum Gasteiger partial charge on any atom is 0.0950 e. The van der Waals surface area contributed by atoms with E-state index in [0.29, 0.717) is 6.04 Å². The Morgan fingerprint density at radius 1 is 1.05 bits per heavy atom. The van der Waals surface area contributed by atoms with Crippen LogP contribution >= 0.6 is 0 Å². The Morgan fingerprint density at radius 2 is 1.76 bits per heavy atom. The van der Waals surface area contributed by atoms with Crippen LogP contribution in [0.15, 0.2) is 48.5 Å². The van der Waals surface area contributed by atoms with Crippen LogP contribution in [0.5, 0.6) is 0 Å². The third kappa shape index (κ3) is 3.72. The minimum atomic E-state index is 0.177. The lowest BCUT2D eigenvalue weighted by molar-refractivity contribution is 0.00302. The molecule has 1 heterocycles. The number of benzene rings is 2. The van der Waals surface area contributed by atoms with Gasteiger partial charge in [-0.2, -0.15) is 0 Å². The minimum Gasteiger partial charge on any atom is -0.371 e. The molecule has 2 atom stereocenters. The molecule has 2 unspecified atom stereocenters. The molecule has 2 nitrogen and oxygen atoms in total. The normalized spacial score (nSPS) is 22.2. The largest absolute Gasteiger partial charge is 0.371 e. The molecule has 1 N–H and O–H groups in total. The molecule has 0 radical (unpaired) electrons. The first-order valence-electron chi connectivity index (χ1n) is 7.68. The fourth-order valence-corrected chi connectivity index (χ4v) is 3.06. The van der Waals surface area contributed by atoms with Gasteiger partial charge >= 0.3 is 0 Å². The monoisotopic (exact) mass is 281 g/mol. The topological polar surface area (TPSA) is 21.3 Å². The summed E-state index contributed by atoms with van der Waals surface area (Å²) in [6, 6.07) is 17.7. The fourth-order valence-electron chi connectivity index (χ4n) is 3.06. The van der Waals surface area contributed by atoms with Crippen LogP contribution in [0.3, 0.4) is 0 Å². The summed E-state index contributed by atoms with van der Waals surface area (Å²) in [5, 5.41) is 3.63. The molecule has 1 aliphatic heterocycles. The third-order valence-electron chi connectivity index (χ3n) is 4.03. The van der Waals surface area contributed by atoms with Gasteiger partial charge in [0.25, 0.3) is 0 Å². The van der Waals surface area contributed by atoms with Crippen LogP contribution in [0.1, 0.15) is 28.4 Å². The molecular weight excluding hydrogens is 258 g/mol. The summed E-state index contributed by atoms with van der Waals surface area (Å²) in [4.78, 5) is 0. The van der Waals surface area contributed by atoms with Crippen molar-refractivity contribution in [2.45, 2.75) is 32.4 Å². The van der Waals surface area contributed by atoms with Gasteiger partial charge in [-0.15, -0.1) is 0 Å². The van der Waals surface area contributed by atoms with Gasteiger partial charge in [-0.05, 0) is 31.4 Å². The van der Waals surface area contributed by atoms with Gasteiger partial charge in [0.05, 0.1) is 12.7 Å². The SMILES string of the molecule is Cc1cc(C)cc(C2CNC(Cc3ccccc3)CO2)c1. The fraction of sp³-hybridized carbons (Fsp3) is 0.368. The maximum absolute atomic E-state index is 6.10. The Morgan fingerprint density at radius 3 is 2.38 bits per heavy atom. The summed E-state index contributed by atoms with van der Waals surface area (Å²) in [6.07, 6.45) is 1.20. The second-order valence-electron chi connectivity index (χ2n) is 6.04. The lowest BCUT2D eigenvalue weighted by Gasteiger charge is -2.31. The van der Waals surface area contributed by atoms with Gasteiger partial charge < -0.3 is 10.1 Å². The summed E-state index contributed by atoms with van der Waals surface area (Å²) in [7, 11) is 0. The lowest BCUT2D eigenvalue weighted by atomic mass is 10.0. The maximum atomic E-state index is 6.10. The van der Waals surface area contributed by atoms with E-state index < -0.39 is 0 Å². The predicted octanol–water partition coefficient (Wildman–Crippen LogP) is 3.58. The van der Waals surface area contributed by atoms with Crippen molar-refractivity contribution in [3.05, 3.63) is 70.8 Å². The molecule has 1 saturated heterocycles. The number of rotatable bonds is 3. The number of hydrogen-bond acceptors (Lipinski definition) is 2. The van der Waals surface area contributed by atoms with Crippen molar-refractivity contribution in [3.63, 3.8) is 0 Å². The smallest absolute Gasteiger partial charge is 0.0950 e. The van der Waals surface area contributed by atoms with Gasteiger partial charge in [0, 0.05) is 12.6 Å². The molecule has 110 valence electrons. The molecule has 1 aliphatic rings. The van der Waals surface area contributed by atoms with Crippen molar-refractivity contribution in [3.8, 4) is 0 Å². The number of nitrogens with one attached hydrogen (secondary N) is 1. The van der Waals surface area contributed by atoms with Crippen LogP contribution < -0.4 is 5.32 Å². The number of aryl methyl sites for hydroxylation is 2. The summed E-state index contributed by atoms with van der Waals surface area (Å²) in [5.74, 6) is 0. The van der Waals surface area contributed by atoms with Crippen molar-refractivity contribution in [2.75, 3.05) is 13.2 Å². The van der Waals surface area contributed by atoms with E-state index in [1.54, 1.807) is 0 Å². The molecule has 2 aromatic rings. The predicted molar refractivity (Wildman–Crippen MR) is 86.5 cm³/mol. The zero-order chi connectivity index (χ0) is 14.7. The summed E-state index contributed by atoms with van der Waals surface area (Å²) >= 11 is 0. The van der Waals surface area contributed by atoms with E-state index >= 15 is 0 Å². The van der Waals surface area contributed by atoms with Crippen molar-refractivity contribution in [2.24, 2.45) is 0 Å². The Hall–Kier alpha value is -1.64. The number of morpholine rings is 1. The van der Waals surface area contributed by atoms with E-state index in [-0.39, 0.29) is 6.10 Å². The van der Waals surface area contributed by atoms with Gasteiger partial charge in [0.1, 0.15) is 0 Å². The first-order chi connectivity index (χ1) is 10.2. The molecule has 3 rings (SSSR count). The first-order valence-corrected chi connectivity index (χ1v) is 7.68. The second-order valence-corrected chi connectivity index (χ2v) is 6.04. The number of hydrogen-bond donors (Lipinski definition) is 1. The summed E-state index contributed by atoms with van der Waals surface area (Å²) in [5.41, 5.74) is 5.27. The highest BCUT2D eigenvalue weighted by Gasteiger charge is 2.22. The van der Waals surface area contributed by atoms with Gasteiger partial charge in [-0.1, -0.05) is 59.7 Å². The van der Waals surface area contributed by atoms with E-state index in [1.165, 1.54) is 22.3 Å². The Balaban J connectivity index is 1.60.